The molecule has 0 spiro atoms. The molecule has 0 aliphatic rings. The van der Waals surface area contributed by atoms with Crippen molar-refractivity contribution in [3.05, 3.63) is 69.7 Å². The highest BCUT2D eigenvalue weighted by Gasteiger charge is 2.16. The first-order valence-corrected chi connectivity index (χ1v) is 9.73. The van der Waals surface area contributed by atoms with Gasteiger partial charge >= 0.3 is 0 Å². The number of hydrogen-bond donors (Lipinski definition) is 2. The zero-order valence-electron chi connectivity index (χ0n) is 16.1. The molecule has 3 rings (SSSR count). The topological polar surface area (TPSA) is 56.3 Å². The summed E-state index contributed by atoms with van der Waals surface area (Å²) < 4.78 is 4.33. The Morgan fingerprint density at radius 2 is 1.86 bits per heavy atom. The predicted octanol–water partition coefficient (Wildman–Crippen LogP) is 2.78. The Hall–Kier alpha value is -2.48. The van der Waals surface area contributed by atoms with Crippen molar-refractivity contribution in [3.8, 4) is 5.69 Å². The maximum absolute atomic E-state index is 12.3. The Morgan fingerprint density at radius 3 is 2.57 bits per heavy atom. The lowest BCUT2D eigenvalue weighted by atomic mass is 10.2. The van der Waals surface area contributed by atoms with Gasteiger partial charge in [0.1, 0.15) is 5.82 Å². The van der Waals surface area contributed by atoms with Crippen LogP contribution in [0.5, 0.6) is 0 Å². The summed E-state index contributed by atoms with van der Waals surface area (Å²) in [7, 11) is 1.93. The highest BCUT2D eigenvalue weighted by molar-refractivity contribution is 7.71. The molecule has 0 radical (unpaired) electrons. The van der Waals surface area contributed by atoms with E-state index in [4.69, 9.17) is 23.8 Å². The first-order valence-electron chi connectivity index (χ1n) is 8.95. The monoisotopic (exact) mass is 416 g/mol. The van der Waals surface area contributed by atoms with E-state index in [1.807, 2.05) is 61.9 Å². The van der Waals surface area contributed by atoms with Gasteiger partial charge in [-0.2, -0.15) is 9.78 Å². The number of halogens is 1. The van der Waals surface area contributed by atoms with Crippen molar-refractivity contribution in [2.75, 3.05) is 18.9 Å². The number of aromatic nitrogens is 3. The standard InChI is InChI=1S/C20H22ClN5OS/c1-14-8-4-7-11-18(14)26-15(2)23-25(20(26)28)13-24(3)12-19(27)22-17-10-6-5-9-16(17)21/h4-11H,12-13H2,1-3H3,(H,22,27)/p+1. The van der Waals surface area contributed by atoms with Gasteiger partial charge in [-0.25, -0.2) is 0 Å². The molecule has 146 valence electrons. The third-order valence-corrected chi connectivity index (χ3v) is 5.11. The number of rotatable bonds is 6. The number of hydrogen-bond acceptors (Lipinski definition) is 3. The normalized spacial score (nSPS) is 12.0. The molecule has 1 amide bonds. The minimum Gasteiger partial charge on any atom is -0.320 e. The van der Waals surface area contributed by atoms with Crippen molar-refractivity contribution in [3.63, 3.8) is 0 Å². The van der Waals surface area contributed by atoms with Gasteiger partial charge in [-0.05, 0) is 49.8 Å². The van der Waals surface area contributed by atoms with Crippen LogP contribution >= 0.6 is 23.8 Å². The third-order valence-electron chi connectivity index (χ3n) is 4.39. The van der Waals surface area contributed by atoms with Crippen LogP contribution in [0.2, 0.25) is 5.02 Å². The minimum atomic E-state index is -0.118. The zero-order chi connectivity index (χ0) is 20.3. The van der Waals surface area contributed by atoms with E-state index in [9.17, 15) is 4.79 Å². The van der Waals surface area contributed by atoms with Crippen LogP contribution in [-0.2, 0) is 11.5 Å². The summed E-state index contributed by atoms with van der Waals surface area (Å²) in [5, 5.41) is 7.93. The molecular weight excluding hydrogens is 394 g/mol. The fourth-order valence-corrected chi connectivity index (χ4v) is 3.57. The number of likely N-dealkylation sites (N-methyl/N-ethyl adjacent to an activating group) is 1. The molecule has 2 aromatic carbocycles. The molecule has 1 unspecified atom stereocenters. The third kappa shape index (κ3) is 4.49. The van der Waals surface area contributed by atoms with Gasteiger partial charge in [0.05, 0.1) is 23.4 Å². The Morgan fingerprint density at radius 1 is 1.18 bits per heavy atom. The molecule has 0 saturated heterocycles. The van der Waals surface area contributed by atoms with Crippen LogP contribution < -0.4 is 10.2 Å². The Balaban J connectivity index is 1.71. The molecule has 1 heterocycles. The van der Waals surface area contributed by atoms with E-state index in [1.54, 1.807) is 16.8 Å². The van der Waals surface area contributed by atoms with E-state index in [-0.39, 0.29) is 12.5 Å². The minimum absolute atomic E-state index is 0.118. The Bertz CT molecular complexity index is 1060. The van der Waals surface area contributed by atoms with Crippen LogP contribution in [0.1, 0.15) is 11.4 Å². The number of benzene rings is 2. The first-order chi connectivity index (χ1) is 13.4. The molecule has 0 saturated carbocycles. The molecule has 0 aliphatic carbocycles. The summed E-state index contributed by atoms with van der Waals surface area (Å²) in [6.45, 7) is 4.72. The molecule has 6 nitrogen and oxygen atoms in total. The van der Waals surface area contributed by atoms with Crippen LogP contribution in [0.25, 0.3) is 5.69 Å². The molecule has 8 heteroatoms. The number of para-hydroxylation sites is 2. The molecular formula is C20H23ClN5OS+. The second kappa shape index (κ2) is 8.68. The van der Waals surface area contributed by atoms with E-state index < -0.39 is 0 Å². The number of nitrogens with zero attached hydrogens (tertiary/aromatic N) is 3. The second-order valence-corrected chi connectivity index (χ2v) is 7.54. The summed E-state index contributed by atoms with van der Waals surface area (Å²) in [6, 6.07) is 15.2. The second-order valence-electron chi connectivity index (χ2n) is 6.77. The quantitative estimate of drug-likeness (QED) is 0.607. The highest BCUT2D eigenvalue weighted by Crippen LogP contribution is 2.20. The molecule has 1 atom stereocenters. The fraction of sp³-hybridized carbons (Fsp3) is 0.250. The Labute approximate surface area is 174 Å². The van der Waals surface area contributed by atoms with Gasteiger partial charge < -0.3 is 10.2 Å². The van der Waals surface area contributed by atoms with Gasteiger partial charge in [-0.1, -0.05) is 41.9 Å². The summed E-state index contributed by atoms with van der Waals surface area (Å²) in [5.41, 5.74) is 2.75. The highest BCUT2D eigenvalue weighted by atomic mass is 35.5. The van der Waals surface area contributed by atoms with Crippen molar-refractivity contribution in [2.24, 2.45) is 0 Å². The van der Waals surface area contributed by atoms with E-state index in [1.165, 1.54) is 0 Å². The van der Waals surface area contributed by atoms with Crippen LogP contribution in [0, 0.1) is 18.6 Å². The van der Waals surface area contributed by atoms with Gasteiger partial charge in [0.25, 0.3) is 5.91 Å². The zero-order valence-corrected chi connectivity index (χ0v) is 17.6. The van der Waals surface area contributed by atoms with E-state index in [2.05, 4.69) is 10.4 Å². The van der Waals surface area contributed by atoms with Gasteiger partial charge in [-0.3, -0.25) is 9.36 Å². The maximum Gasteiger partial charge on any atom is 0.279 e. The molecule has 0 aliphatic heterocycles. The van der Waals surface area contributed by atoms with Crippen molar-refractivity contribution in [2.45, 2.75) is 20.5 Å². The molecule has 28 heavy (non-hydrogen) atoms. The molecule has 1 aromatic heterocycles. The van der Waals surface area contributed by atoms with Crippen LogP contribution in [0.3, 0.4) is 0 Å². The summed E-state index contributed by atoms with van der Waals surface area (Å²) >= 11 is 11.7. The lowest BCUT2D eigenvalue weighted by Gasteiger charge is -2.14. The number of carbonyl (C=O) groups is 1. The molecule has 0 fully saturated rings. The molecule has 0 bridgehead atoms. The summed E-state index contributed by atoms with van der Waals surface area (Å²) in [4.78, 5) is 13.3. The van der Waals surface area contributed by atoms with E-state index in [0.717, 1.165) is 22.0 Å². The number of quaternary nitrogens is 1. The number of aryl methyl sites for hydroxylation is 2. The van der Waals surface area contributed by atoms with Gasteiger partial charge in [0.15, 0.2) is 13.2 Å². The largest absolute Gasteiger partial charge is 0.320 e. The summed E-state index contributed by atoms with van der Waals surface area (Å²) in [6.07, 6.45) is 0. The smallest absolute Gasteiger partial charge is 0.279 e. The number of amides is 1. The SMILES string of the molecule is Cc1ccccc1-n1c(C)nn(C[NH+](C)CC(=O)Nc2ccccc2Cl)c1=S. The average molecular weight is 417 g/mol. The van der Waals surface area contributed by atoms with Crippen LogP contribution in [-0.4, -0.2) is 33.8 Å². The number of nitrogens with one attached hydrogen (secondary N) is 2. The van der Waals surface area contributed by atoms with Gasteiger partial charge in [-0.15, -0.1) is 0 Å². The molecule has 3 aromatic rings. The maximum atomic E-state index is 12.3. The fourth-order valence-electron chi connectivity index (χ4n) is 3.05. The number of anilines is 1. The number of carbonyl (C=O) groups excluding carboxylic acids is 1. The summed E-state index contributed by atoms with van der Waals surface area (Å²) in [5.74, 6) is 0.694. The van der Waals surface area contributed by atoms with E-state index >= 15 is 0 Å². The predicted molar refractivity (Wildman–Crippen MR) is 114 cm³/mol. The van der Waals surface area contributed by atoms with Crippen molar-refractivity contribution in [1.29, 1.82) is 0 Å². The molecule has 2 N–H and O–H groups in total. The average Bonchev–Trinajstić information content (AvgIpc) is 2.91. The van der Waals surface area contributed by atoms with Gasteiger partial charge in [0.2, 0.25) is 4.77 Å². The van der Waals surface area contributed by atoms with Crippen molar-refractivity contribution < 1.29 is 9.69 Å². The lowest BCUT2D eigenvalue weighted by Crippen LogP contribution is -3.09. The Kier molecular flexibility index (Phi) is 6.28. The van der Waals surface area contributed by atoms with Crippen molar-refractivity contribution in [1.82, 2.24) is 14.3 Å². The van der Waals surface area contributed by atoms with Crippen LogP contribution in [0.4, 0.5) is 5.69 Å². The van der Waals surface area contributed by atoms with Gasteiger partial charge in [0, 0.05) is 0 Å². The lowest BCUT2D eigenvalue weighted by molar-refractivity contribution is -0.895. The van der Waals surface area contributed by atoms with Crippen LogP contribution in [0.15, 0.2) is 48.5 Å². The van der Waals surface area contributed by atoms with E-state index in [0.29, 0.717) is 22.1 Å². The first kappa shape index (κ1) is 20.3. The van der Waals surface area contributed by atoms with Crippen molar-refractivity contribution >= 4 is 35.4 Å².